The van der Waals surface area contributed by atoms with Gasteiger partial charge in [-0.05, 0) is 38.1 Å². The molecule has 9 nitrogen and oxygen atoms in total. The summed E-state index contributed by atoms with van der Waals surface area (Å²) in [6.07, 6.45) is 0. The number of fused-ring (bicyclic) bond motifs is 1. The van der Waals surface area contributed by atoms with Gasteiger partial charge in [-0.25, -0.2) is 9.59 Å². The second-order valence-electron chi connectivity index (χ2n) is 8.03. The van der Waals surface area contributed by atoms with E-state index < -0.39 is 11.9 Å². The van der Waals surface area contributed by atoms with E-state index in [1.807, 2.05) is 30.5 Å². The van der Waals surface area contributed by atoms with Crippen LogP contribution < -0.4 is 5.32 Å². The van der Waals surface area contributed by atoms with Crippen LogP contribution in [0.3, 0.4) is 0 Å². The van der Waals surface area contributed by atoms with Gasteiger partial charge in [0.1, 0.15) is 0 Å². The number of thioether (sulfide) groups is 1. The van der Waals surface area contributed by atoms with Crippen LogP contribution in [0.5, 0.6) is 0 Å². The van der Waals surface area contributed by atoms with E-state index in [0.717, 1.165) is 16.8 Å². The molecular formula is C25H24N4O5S2. The number of esters is 2. The van der Waals surface area contributed by atoms with Gasteiger partial charge in [0.05, 0.1) is 31.1 Å². The van der Waals surface area contributed by atoms with Crippen molar-refractivity contribution in [2.45, 2.75) is 25.0 Å². The summed E-state index contributed by atoms with van der Waals surface area (Å²) in [5.74, 6) is -0.809. The van der Waals surface area contributed by atoms with Gasteiger partial charge in [-0.15, -0.1) is 21.5 Å². The first-order valence-electron chi connectivity index (χ1n) is 11.0. The smallest absolute Gasteiger partial charge is 0.337 e. The number of anilines is 1. The van der Waals surface area contributed by atoms with Crippen LogP contribution in [0, 0.1) is 0 Å². The van der Waals surface area contributed by atoms with Crippen LogP contribution in [0.1, 0.15) is 40.6 Å². The number of rotatable bonds is 8. The van der Waals surface area contributed by atoms with E-state index in [9.17, 15) is 14.4 Å². The van der Waals surface area contributed by atoms with E-state index in [2.05, 4.69) is 33.0 Å². The Morgan fingerprint density at radius 1 is 1.03 bits per heavy atom. The Morgan fingerprint density at radius 2 is 1.69 bits per heavy atom. The van der Waals surface area contributed by atoms with Crippen molar-refractivity contribution in [3.05, 3.63) is 59.0 Å². The third-order valence-corrected chi connectivity index (χ3v) is 7.20. The number of methoxy groups -OCH3 is 2. The Labute approximate surface area is 215 Å². The third kappa shape index (κ3) is 5.26. The van der Waals surface area contributed by atoms with Gasteiger partial charge in [-0.3, -0.25) is 9.36 Å². The predicted octanol–water partition coefficient (Wildman–Crippen LogP) is 5.04. The normalized spacial score (nSPS) is 11.0. The highest BCUT2D eigenvalue weighted by atomic mass is 32.2. The zero-order chi connectivity index (χ0) is 25.8. The second-order valence-corrected chi connectivity index (χ2v) is 9.89. The molecule has 1 amide bonds. The zero-order valence-electron chi connectivity index (χ0n) is 20.1. The maximum Gasteiger partial charge on any atom is 0.337 e. The molecule has 0 spiro atoms. The number of nitrogens with one attached hydrogen (secondary N) is 1. The van der Waals surface area contributed by atoms with Crippen molar-refractivity contribution in [3.63, 3.8) is 0 Å². The summed E-state index contributed by atoms with van der Waals surface area (Å²) in [6, 6.07) is 12.4. The molecule has 0 unspecified atom stereocenters. The molecule has 0 atom stereocenters. The Balaban J connectivity index is 1.54. The summed E-state index contributed by atoms with van der Waals surface area (Å²) in [5, 5.41) is 15.3. The van der Waals surface area contributed by atoms with Crippen LogP contribution in [-0.2, 0) is 14.3 Å². The number of nitrogens with zero attached hydrogens (tertiary/aromatic N) is 3. The van der Waals surface area contributed by atoms with Crippen LogP contribution in [0.2, 0.25) is 0 Å². The number of carbonyl (C=O) groups excluding carboxylic acids is 3. The molecule has 2 aromatic carbocycles. The highest BCUT2D eigenvalue weighted by Crippen LogP contribution is 2.35. The lowest BCUT2D eigenvalue weighted by atomic mass is 10.1. The molecule has 11 heteroatoms. The third-order valence-electron chi connectivity index (χ3n) is 5.29. The van der Waals surface area contributed by atoms with Crippen LogP contribution >= 0.6 is 23.1 Å². The summed E-state index contributed by atoms with van der Waals surface area (Å²) < 4.78 is 12.7. The molecule has 36 heavy (non-hydrogen) atoms. The van der Waals surface area contributed by atoms with Crippen molar-refractivity contribution >= 4 is 56.7 Å². The lowest BCUT2D eigenvalue weighted by molar-refractivity contribution is -0.113. The predicted molar refractivity (Wildman–Crippen MR) is 140 cm³/mol. The minimum atomic E-state index is -0.635. The van der Waals surface area contributed by atoms with E-state index >= 15 is 0 Å². The SMILES string of the molecule is COC(=O)c1cc(NC(=O)CSc2nnc(-c3csc4ccccc34)n2C(C)C)cc(C(=O)OC)c1. The van der Waals surface area contributed by atoms with E-state index in [1.54, 1.807) is 11.3 Å². The minimum Gasteiger partial charge on any atom is -0.465 e. The summed E-state index contributed by atoms with van der Waals surface area (Å²) in [4.78, 5) is 36.8. The van der Waals surface area contributed by atoms with Gasteiger partial charge < -0.3 is 14.8 Å². The highest BCUT2D eigenvalue weighted by molar-refractivity contribution is 7.99. The van der Waals surface area contributed by atoms with Gasteiger partial charge >= 0.3 is 11.9 Å². The molecular weight excluding hydrogens is 500 g/mol. The van der Waals surface area contributed by atoms with E-state index in [0.29, 0.717) is 5.16 Å². The van der Waals surface area contributed by atoms with Crippen molar-refractivity contribution in [2.75, 3.05) is 25.3 Å². The van der Waals surface area contributed by atoms with Crippen molar-refractivity contribution in [1.82, 2.24) is 14.8 Å². The maximum atomic E-state index is 12.8. The molecule has 0 saturated heterocycles. The summed E-state index contributed by atoms with van der Waals surface area (Å²) in [5.41, 5.74) is 1.52. The molecule has 0 aliphatic rings. The number of amides is 1. The fraction of sp³-hybridized carbons (Fsp3) is 0.240. The van der Waals surface area contributed by atoms with Crippen molar-refractivity contribution in [1.29, 1.82) is 0 Å². The van der Waals surface area contributed by atoms with E-state index in [1.165, 1.54) is 48.9 Å². The lowest BCUT2D eigenvalue weighted by Gasteiger charge is -2.13. The van der Waals surface area contributed by atoms with Crippen LogP contribution in [0.4, 0.5) is 5.69 Å². The number of benzene rings is 2. The quantitative estimate of drug-likeness (QED) is 0.252. The first-order valence-corrected chi connectivity index (χ1v) is 12.8. The first-order chi connectivity index (χ1) is 17.3. The molecule has 4 aromatic rings. The monoisotopic (exact) mass is 524 g/mol. The van der Waals surface area contributed by atoms with Gasteiger partial charge in [-0.1, -0.05) is 30.0 Å². The molecule has 4 rings (SSSR count). The average Bonchev–Trinajstić information content (AvgIpc) is 3.50. The number of ether oxygens (including phenoxy) is 2. The van der Waals surface area contributed by atoms with Gasteiger partial charge in [0, 0.05) is 32.8 Å². The Hall–Kier alpha value is -3.70. The molecule has 0 saturated carbocycles. The largest absolute Gasteiger partial charge is 0.465 e. The van der Waals surface area contributed by atoms with Gasteiger partial charge in [0.25, 0.3) is 0 Å². The summed E-state index contributed by atoms with van der Waals surface area (Å²) >= 11 is 2.90. The molecule has 0 radical (unpaired) electrons. The highest BCUT2D eigenvalue weighted by Gasteiger charge is 2.21. The molecule has 0 aliphatic carbocycles. The molecule has 0 fully saturated rings. The van der Waals surface area contributed by atoms with Gasteiger partial charge in [-0.2, -0.15) is 0 Å². The molecule has 2 heterocycles. The summed E-state index contributed by atoms with van der Waals surface area (Å²) in [6.45, 7) is 4.08. The topological polar surface area (TPSA) is 112 Å². The number of hydrogen-bond acceptors (Lipinski definition) is 9. The first kappa shape index (κ1) is 25.4. The fourth-order valence-corrected chi connectivity index (χ4v) is 5.48. The molecule has 2 aromatic heterocycles. The van der Waals surface area contributed by atoms with Crippen LogP contribution in [0.25, 0.3) is 21.5 Å². The number of thiophene rings is 1. The Kier molecular flexibility index (Phi) is 7.70. The molecule has 0 aliphatic heterocycles. The van der Waals surface area contributed by atoms with E-state index in [4.69, 9.17) is 9.47 Å². The number of aromatic nitrogens is 3. The molecule has 186 valence electrons. The second kappa shape index (κ2) is 10.9. The fourth-order valence-electron chi connectivity index (χ4n) is 3.67. The molecule has 0 bridgehead atoms. The Bertz CT molecular complexity index is 1410. The van der Waals surface area contributed by atoms with Crippen LogP contribution in [0.15, 0.2) is 53.0 Å². The average molecular weight is 525 g/mol. The van der Waals surface area contributed by atoms with Gasteiger partial charge in [0.15, 0.2) is 11.0 Å². The summed E-state index contributed by atoms with van der Waals surface area (Å²) in [7, 11) is 2.47. The Morgan fingerprint density at radius 3 is 2.33 bits per heavy atom. The number of hydrogen-bond donors (Lipinski definition) is 1. The van der Waals surface area contributed by atoms with Gasteiger partial charge in [0.2, 0.25) is 5.91 Å². The van der Waals surface area contributed by atoms with Crippen molar-refractivity contribution in [3.8, 4) is 11.4 Å². The van der Waals surface area contributed by atoms with Crippen molar-refractivity contribution < 1.29 is 23.9 Å². The zero-order valence-corrected chi connectivity index (χ0v) is 21.7. The molecule has 1 N–H and O–H groups in total. The number of carbonyl (C=O) groups is 3. The standard InChI is InChI=1S/C25H24N4O5S2/c1-14(2)29-22(19-12-35-20-8-6-5-7-18(19)20)27-28-25(29)36-13-21(30)26-17-10-15(23(31)33-3)9-16(11-17)24(32)34-4/h5-12,14H,13H2,1-4H3,(H,26,30). The maximum absolute atomic E-state index is 12.8. The minimum absolute atomic E-state index is 0.0469. The van der Waals surface area contributed by atoms with E-state index in [-0.39, 0.29) is 34.5 Å². The van der Waals surface area contributed by atoms with Crippen molar-refractivity contribution in [2.24, 2.45) is 0 Å². The lowest BCUT2D eigenvalue weighted by Crippen LogP contribution is -2.16. The van der Waals surface area contributed by atoms with Crippen LogP contribution in [-0.4, -0.2) is 52.6 Å².